The van der Waals surface area contributed by atoms with E-state index in [4.69, 9.17) is 5.73 Å². The second-order valence-corrected chi connectivity index (χ2v) is 6.49. The number of hydrogen-bond donors (Lipinski definition) is 2. The third-order valence-electron chi connectivity index (χ3n) is 3.70. The maximum absolute atomic E-state index is 12.5. The van der Waals surface area contributed by atoms with Crippen LogP contribution in [0.2, 0.25) is 0 Å². The Morgan fingerprint density at radius 1 is 1.50 bits per heavy atom. The molecule has 7 heteroatoms. The maximum Gasteiger partial charge on any atom is 0.264 e. The van der Waals surface area contributed by atoms with Crippen molar-refractivity contribution in [3.8, 4) is 0 Å². The van der Waals surface area contributed by atoms with Gasteiger partial charge in [0.25, 0.3) is 5.91 Å². The highest BCUT2D eigenvalue weighted by atomic mass is 35.5. The van der Waals surface area contributed by atoms with Crippen molar-refractivity contribution in [1.82, 2.24) is 10.2 Å². The number of nitrogens with one attached hydrogen (secondary N) is 1. The van der Waals surface area contributed by atoms with Crippen molar-refractivity contribution in [3.63, 3.8) is 0 Å². The standard InChI is InChI=1S/C15H23N3O2S.ClH/c1-11(16)7-8-17-14(19)12-5-2-3-9-18(12)15(20)13-6-4-10-21-13;/h4,6,10-12H,2-3,5,7-9,16H2,1H3,(H,17,19);1H. The molecule has 2 atom stereocenters. The second kappa shape index (κ2) is 9.12. The molecule has 1 aliphatic heterocycles. The van der Waals surface area contributed by atoms with E-state index in [1.54, 1.807) is 4.90 Å². The first-order chi connectivity index (χ1) is 10.1. The summed E-state index contributed by atoms with van der Waals surface area (Å²) in [4.78, 5) is 27.2. The molecule has 1 aromatic rings. The average molecular weight is 346 g/mol. The number of rotatable bonds is 5. The number of carbonyl (C=O) groups excluding carboxylic acids is 2. The fraction of sp³-hybridized carbons (Fsp3) is 0.600. The SMILES string of the molecule is CC(N)CCNC(=O)C1CCCCN1C(=O)c1cccs1.Cl. The molecule has 0 aliphatic carbocycles. The van der Waals surface area contributed by atoms with Crippen LogP contribution in [0, 0.1) is 0 Å². The zero-order valence-electron chi connectivity index (χ0n) is 12.8. The predicted molar refractivity (Wildman–Crippen MR) is 91.5 cm³/mol. The number of amides is 2. The van der Waals surface area contributed by atoms with E-state index in [1.165, 1.54) is 11.3 Å². The molecule has 2 amide bonds. The van der Waals surface area contributed by atoms with Gasteiger partial charge in [0.1, 0.15) is 6.04 Å². The number of thiophene rings is 1. The van der Waals surface area contributed by atoms with Gasteiger partial charge in [-0.2, -0.15) is 0 Å². The first kappa shape index (κ1) is 18.9. The fourth-order valence-corrected chi connectivity index (χ4v) is 3.21. The lowest BCUT2D eigenvalue weighted by atomic mass is 10.0. The van der Waals surface area contributed by atoms with Crippen LogP contribution in [0.15, 0.2) is 17.5 Å². The lowest BCUT2D eigenvalue weighted by Crippen LogP contribution is -2.52. The highest BCUT2D eigenvalue weighted by molar-refractivity contribution is 7.12. The minimum Gasteiger partial charge on any atom is -0.354 e. The molecule has 0 bridgehead atoms. The quantitative estimate of drug-likeness (QED) is 0.857. The Morgan fingerprint density at radius 3 is 2.91 bits per heavy atom. The Balaban J connectivity index is 0.00000242. The molecule has 5 nitrogen and oxygen atoms in total. The fourth-order valence-electron chi connectivity index (χ4n) is 2.53. The summed E-state index contributed by atoms with van der Waals surface area (Å²) in [6, 6.07) is 3.40. The topological polar surface area (TPSA) is 75.4 Å². The molecule has 2 heterocycles. The first-order valence-corrected chi connectivity index (χ1v) is 8.35. The Bertz CT molecular complexity index is 479. The van der Waals surface area contributed by atoms with Gasteiger partial charge in [0, 0.05) is 19.1 Å². The van der Waals surface area contributed by atoms with E-state index in [1.807, 2.05) is 24.4 Å². The third kappa shape index (κ3) is 4.97. The van der Waals surface area contributed by atoms with E-state index in [2.05, 4.69) is 5.32 Å². The van der Waals surface area contributed by atoms with Crippen LogP contribution in [-0.4, -0.2) is 41.9 Å². The van der Waals surface area contributed by atoms with Gasteiger partial charge in [0.2, 0.25) is 5.91 Å². The van der Waals surface area contributed by atoms with Gasteiger partial charge in [-0.15, -0.1) is 23.7 Å². The minimum absolute atomic E-state index is 0. The van der Waals surface area contributed by atoms with Crippen LogP contribution in [0.5, 0.6) is 0 Å². The van der Waals surface area contributed by atoms with E-state index in [0.717, 1.165) is 25.7 Å². The summed E-state index contributed by atoms with van der Waals surface area (Å²) < 4.78 is 0. The van der Waals surface area contributed by atoms with E-state index in [9.17, 15) is 9.59 Å². The molecule has 0 radical (unpaired) electrons. The van der Waals surface area contributed by atoms with Crippen molar-refractivity contribution in [3.05, 3.63) is 22.4 Å². The number of carbonyl (C=O) groups is 2. The van der Waals surface area contributed by atoms with Crippen molar-refractivity contribution in [2.45, 2.75) is 44.7 Å². The normalized spacial score (nSPS) is 19.2. The first-order valence-electron chi connectivity index (χ1n) is 7.47. The zero-order valence-corrected chi connectivity index (χ0v) is 14.4. The van der Waals surface area contributed by atoms with Gasteiger partial charge in [0.05, 0.1) is 4.88 Å². The van der Waals surface area contributed by atoms with Crippen LogP contribution >= 0.6 is 23.7 Å². The van der Waals surface area contributed by atoms with Crippen LogP contribution in [0.4, 0.5) is 0 Å². The van der Waals surface area contributed by atoms with Gasteiger partial charge in [-0.25, -0.2) is 0 Å². The predicted octanol–water partition coefficient (Wildman–Crippen LogP) is 2.02. The lowest BCUT2D eigenvalue weighted by Gasteiger charge is -2.34. The van der Waals surface area contributed by atoms with Crippen molar-refractivity contribution < 1.29 is 9.59 Å². The third-order valence-corrected chi connectivity index (χ3v) is 4.56. The molecule has 124 valence electrons. The summed E-state index contributed by atoms with van der Waals surface area (Å²) in [5.74, 6) is -0.0858. The zero-order chi connectivity index (χ0) is 15.2. The molecule has 1 fully saturated rings. The van der Waals surface area contributed by atoms with Crippen molar-refractivity contribution >= 4 is 35.6 Å². The van der Waals surface area contributed by atoms with Gasteiger partial charge in [0.15, 0.2) is 0 Å². The molecule has 1 saturated heterocycles. The number of halogens is 1. The average Bonchev–Trinajstić information content (AvgIpc) is 3.00. The molecule has 1 aromatic heterocycles. The van der Waals surface area contributed by atoms with Gasteiger partial charge in [-0.3, -0.25) is 9.59 Å². The van der Waals surface area contributed by atoms with E-state index in [-0.39, 0.29) is 36.3 Å². The molecule has 2 unspecified atom stereocenters. The number of hydrogen-bond acceptors (Lipinski definition) is 4. The molecule has 3 N–H and O–H groups in total. The molecule has 0 aromatic carbocycles. The number of nitrogens with zero attached hydrogens (tertiary/aromatic N) is 1. The van der Waals surface area contributed by atoms with Crippen LogP contribution in [0.25, 0.3) is 0 Å². The summed E-state index contributed by atoms with van der Waals surface area (Å²) in [7, 11) is 0. The highest BCUT2D eigenvalue weighted by Crippen LogP contribution is 2.21. The van der Waals surface area contributed by atoms with Crippen LogP contribution in [0.1, 0.15) is 42.3 Å². The molecule has 22 heavy (non-hydrogen) atoms. The van der Waals surface area contributed by atoms with Crippen LogP contribution in [0.3, 0.4) is 0 Å². The largest absolute Gasteiger partial charge is 0.354 e. The molecule has 0 saturated carbocycles. The van der Waals surface area contributed by atoms with E-state index in [0.29, 0.717) is 18.0 Å². The van der Waals surface area contributed by atoms with E-state index < -0.39 is 0 Å². The number of likely N-dealkylation sites (tertiary alicyclic amines) is 1. The lowest BCUT2D eigenvalue weighted by molar-refractivity contribution is -0.126. The Kier molecular flexibility index (Phi) is 7.85. The van der Waals surface area contributed by atoms with Crippen LogP contribution < -0.4 is 11.1 Å². The highest BCUT2D eigenvalue weighted by Gasteiger charge is 2.32. The molecular weight excluding hydrogens is 322 g/mol. The van der Waals surface area contributed by atoms with Gasteiger partial charge < -0.3 is 16.0 Å². The van der Waals surface area contributed by atoms with Crippen molar-refractivity contribution in [2.24, 2.45) is 5.73 Å². The summed E-state index contributed by atoms with van der Waals surface area (Å²) >= 11 is 1.42. The molecular formula is C15H24ClN3O2S. The summed E-state index contributed by atoms with van der Waals surface area (Å²) in [6.45, 7) is 3.13. The summed E-state index contributed by atoms with van der Waals surface area (Å²) in [5.41, 5.74) is 5.68. The van der Waals surface area contributed by atoms with E-state index >= 15 is 0 Å². The van der Waals surface area contributed by atoms with Crippen molar-refractivity contribution in [1.29, 1.82) is 0 Å². The molecule has 1 aliphatic rings. The van der Waals surface area contributed by atoms with Crippen LogP contribution in [-0.2, 0) is 4.79 Å². The van der Waals surface area contributed by atoms with Gasteiger partial charge >= 0.3 is 0 Å². The summed E-state index contributed by atoms with van der Waals surface area (Å²) in [6.07, 6.45) is 3.43. The minimum atomic E-state index is -0.346. The Morgan fingerprint density at radius 2 is 2.27 bits per heavy atom. The Labute approximate surface area is 141 Å². The Hall–Kier alpha value is -1.11. The number of piperidine rings is 1. The maximum atomic E-state index is 12.5. The van der Waals surface area contributed by atoms with Crippen molar-refractivity contribution in [2.75, 3.05) is 13.1 Å². The second-order valence-electron chi connectivity index (χ2n) is 5.54. The van der Waals surface area contributed by atoms with Gasteiger partial charge in [-0.1, -0.05) is 6.07 Å². The van der Waals surface area contributed by atoms with Gasteiger partial charge in [-0.05, 0) is 44.1 Å². The number of nitrogens with two attached hydrogens (primary N) is 1. The summed E-state index contributed by atoms with van der Waals surface area (Å²) in [5, 5.41) is 4.79. The molecule has 2 rings (SSSR count). The smallest absolute Gasteiger partial charge is 0.264 e. The monoisotopic (exact) mass is 345 g/mol. The molecule has 0 spiro atoms.